The van der Waals surface area contributed by atoms with Crippen LogP contribution in [0.1, 0.15) is 34.9 Å². The van der Waals surface area contributed by atoms with Gasteiger partial charge in [-0.15, -0.1) is 5.10 Å². The topological polar surface area (TPSA) is 107 Å². The van der Waals surface area contributed by atoms with E-state index in [0.717, 1.165) is 35.4 Å². The van der Waals surface area contributed by atoms with Gasteiger partial charge in [0, 0.05) is 22.5 Å². The molecule has 2 atom stereocenters. The van der Waals surface area contributed by atoms with Crippen LogP contribution in [0.4, 0.5) is 30.6 Å². The molecule has 0 saturated heterocycles. The number of aryl methyl sites for hydroxylation is 1. The summed E-state index contributed by atoms with van der Waals surface area (Å²) in [7, 11) is 1.63. The Bertz CT molecular complexity index is 1170. The van der Waals surface area contributed by atoms with Crippen molar-refractivity contribution in [3.63, 3.8) is 0 Å². The number of methoxy groups -OCH3 is 1. The Morgan fingerprint density at radius 3 is 2.81 bits per heavy atom. The number of nitrogens with two attached hydrogens (primary N) is 1. The third-order valence-electron chi connectivity index (χ3n) is 5.77. The van der Waals surface area contributed by atoms with Crippen LogP contribution in [0.3, 0.4) is 0 Å². The first-order valence-electron chi connectivity index (χ1n) is 9.94. The third-order valence-corrected chi connectivity index (χ3v) is 5.77. The summed E-state index contributed by atoms with van der Waals surface area (Å²) in [4.78, 5) is 0. The predicted octanol–water partition coefficient (Wildman–Crippen LogP) is 4.13. The van der Waals surface area contributed by atoms with Gasteiger partial charge >= 0.3 is 18.1 Å². The Kier molecular flexibility index (Phi) is 4.75. The van der Waals surface area contributed by atoms with Gasteiger partial charge in [0.05, 0.1) is 19.6 Å². The fourth-order valence-electron chi connectivity index (χ4n) is 4.31. The van der Waals surface area contributed by atoms with E-state index in [1.165, 1.54) is 5.56 Å². The van der Waals surface area contributed by atoms with Gasteiger partial charge in [-0.1, -0.05) is 17.2 Å². The molecule has 168 valence electrons. The lowest BCUT2D eigenvalue weighted by Gasteiger charge is -2.41. The first kappa shape index (κ1) is 20.6. The second kappa shape index (κ2) is 7.38. The molecule has 11 heteroatoms. The molecular weight excluding hydrogens is 427 g/mol. The molecule has 2 aromatic carbocycles. The summed E-state index contributed by atoms with van der Waals surface area (Å²) in [6.45, 7) is 0.215. The van der Waals surface area contributed by atoms with Crippen molar-refractivity contribution in [1.82, 2.24) is 10.2 Å². The molecule has 0 fully saturated rings. The SMILES string of the molecule is COc1cccc2c1C(C1(N)Nc3ccc(Nc4nnc(C(F)(F)F)o4)cc3CO1)CC2. The van der Waals surface area contributed by atoms with Crippen LogP contribution in [-0.4, -0.2) is 23.2 Å². The van der Waals surface area contributed by atoms with Gasteiger partial charge in [0.25, 0.3) is 0 Å². The smallest absolute Gasteiger partial charge is 0.470 e. The highest BCUT2D eigenvalue weighted by atomic mass is 19.4. The van der Waals surface area contributed by atoms with Crippen molar-refractivity contribution in [3.05, 3.63) is 59.0 Å². The van der Waals surface area contributed by atoms with Gasteiger partial charge in [0.15, 0.2) is 5.85 Å². The van der Waals surface area contributed by atoms with E-state index < -0.39 is 17.9 Å². The van der Waals surface area contributed by atoms with Gasteiger partial charge in [-0.05, 0) is 42.7 Å². The maximum atomic E-state index is 12.6. The average Bonchev–Trinajstić information content (AvgIpc) is 3.41. The summed E-state index contributed by atoms with van der Waals surface area (Å²) in [6.07, 6.45) is -3.01. The number of benzene rings is 2. The number of nitrogens with zero attached hydrogens (tertiary/aromatic N) is 2. The fraction of sp³-hybridized carbons (Fsp3) is 0.333. The van der Waals surface area contributed by atoms with Crippen molar-refractivity contribution in [1.29, 1.82) is 0 Å². The van der Waals surface area contributed by atoms with E-state index in [1.54, 1.807) is 25.3 Å². The van der Waals surface area contributed by atoms with Crippen LogP contribution in [0.15, 0.2) is 40.8 Å². The summed E-state index contributed by atoms with van der Waals surface area (Å²) >= 11 is 0. The fourth-order valence-corrected chi connectivity index (χ4v) is 4.31. The molecule has 2 aliphatic rings. The average molecular weight is 447 g/mol. The number of rotatable bonds is 4. The van der Waals surface area contributed by atoms with Crippen molar-refractivity contribution in [2.45, 2.75) is 37.4 Å². The van der Waals surface area contributed by atoms with E-state index in [4.69, 9.17) is 15.2 Å². The normalized spacial score (nSPS) is 22.1. The molecule has 8 nitrogen and oxygen atoms in total. The Balaban J connectivity index is 1.36. The highest BCUT2D eigenvalue weighted by Gasteiger charge is 2.45. The van der Waals surface area contributed by atoms with Crippen molar-refractivity contribution in [2.75, 3.05) is 17.7 Å². The molecule has 0 saturated carbocycles. The highest BCUT2D eigenvalue weighted by molar-refractivity contribution is 5.64. The molecule has 0 bridgehead atoms. The van der Waals surface area contributed by atoms with E-state index >= 15 is 0 Å². The third kappa shape index (κ3) is 3.53. The number of alkyl halides is 3. The Labute approximate surface area is 180 Å². The lowest BCUT2D eigenvalue weighted by atomic mass is 9.93. The Morgan fingerprint density at radius 2 is 2.06 bits per heavy atom. The van der Waals surface area contributed by atoms with E-state index in [0.29, 0.717) is 5.69 Å². The maximum Gasteiger partial charge on any atom is 0.470 e. The first-order chi connectivity index (χ1) is 15.3. The molecule has 0 radical (unpaired) electrons. The molecule has 5 rings (SSSR count). The molecule has 2 unspecified atom stereocenters. The van der Waals surface area contributed by atoms with E-state index in [2.05, 4.69) is 31.3 Å². The number of aromatic nitrogens is 2. The Hall–Kier alpha value is -3.31. The van der Waals surface area contributed by atoms with Crippen LogP contribution in [0, 0.1) is 0 Å². The maximum absolute atomic E-state index is 12.6. The standard InChI is InChI=1S/C21H20F3N5O3/c1-30-16-4-2-3-11-5-7-14(17(11)16)21(25)27-15-8-6-13(9-12(15)10-31-21)26-19-29-28-18(32-19)20(22,23)24/h2-4,6,8-9,14,27H,5,7,10,25H2,1H3,(H,26,29). The van der Waals surface area contributed by atoms with Crippen molar-refractivity contribution in [2.24, 2.45) is 5.73 Å². The zero-order valence-corrected chi connectivity index (χ0v) is 17.0. The Morgan fingerprint density at radius 1 is 1.22 bits per heavy atom. The van der Waals surface area contributed by atoms with Crippen LogP contribution >= 0.6 is 0 Å². The monoisotopic (exact) mass is 447 g/mol. The molecule has 1 aliphatic heterocycles. The van der Waals surface area contributed by atoms with Gasteiger partial charge in [0.2, 0.25) is 0 Å². The summed E-state index contributed by atoms with van der Waals surface area (Å²) in [5.74, 6) is -1.87. The molecule has 4 N–H and O–H groups in total. The molecule has 2 heterocycles. The van der Waals surface area contributed by atoms with E-state index in [1.807, 2.05) is 12.1 Å². The minimum absolute atomic E-state index is 0.112. The number of anilines is 3. The van der Waals surface area contributed by atoms with Crippen molar-refractivity contribution < 1.29 is 27.1 Å². The molecule has 32 heavy (non-hydrogen) atoms. The molecular formula is C21H20F3N5O3. The minimum Gasteiger partial charge on any atom is -0.496 e. The van der Waals surface area contributed by atoms with Gasteiger partial charge < -0.3 is 24.5 Å². The quantitative estimate of drug-likeness (QED) is 0.548. The molecule has 0 amide bonds. The van der Waals surface area contributed by atoms with E-state index in [-0.39, 0.29) is 18.5 Å². The summed E-state index contributed by atoms with van der Waals surface area (Å²) < 4.78 is 54.1. The van der Waals surface area contributed by atoms with Crippen LogP contribution in [-0.2, 0) is 23.9 Å². The van der Waals surface area contributed by atoms with Gasteiger partial charge in [-0.25, -0.2) is 0 Å². The zero-order valence-electron chi connectivity index (χ0n) is 17.0. The van der Waals surface area contributed by atoms with Crippen molar-refractivity contribution >= 4 is 17.4 Å². The number of ether oxygens (including phenoxy) is 2. The molecule has 3 aromatic rings. The molecule has 1 aromatic heterocycles. The van der Waals surface area contributed by atoms with Gasteiger partial charge in [-0.2, -0.15) is 13.2 Å². The summed E-state index contributed by atoms with van der Waals surface area (Å²) in [5, 5.41) is 12.3. The van der Waals surface area contributed by atoms with Crippen LogP contribution < -0.4 is 21.1 Å². The highest BCUT2D eigenvalue weighted by Crippen LogP contribution is 2.47. The number of fused-ring (bicyclic) bond motifs is 2. The second-order valence-electron chi connectivity index (χ2n) is 7.74. The van der Waals surface area contributed by atoms with Crippen molar-refractivity contribution in [3.8, 4) is 5.75 Å². The second-order valence-corrected chi connectivity index (χ2v) is 7.74. The van der Waals surface area contributed by atoms with Crippen LogP contribution in [0.25, 0.3) is 0 Å². The van der Waals surface area contributed by atoms with E-state index in [9.17, 15) is 13.2 Å². The number of nitrogens with one attached hydrogen (secondary N) is 2. The lowest BCUT2D eigenvalue weighted by Crippen LogP contribution is -2.56. The number of halogens is 3. The molecule has 1 aliphatic carbocycles. The zero-order chi connectivity index (χ0) is 22.5. The van der Waals surface area contributed by atoms with Gasteiger partial charge in [-0.3, -0.25) is 5.73 Å². The number of hydrogen-bond acceptors (Lipinski definition) is 8. The summed E-state index contributed by atoms with van der Waals surface area (Å²) in [6, 6.07) is 10.8. The van der Waals surface area contributed by atoms with Crippen LogP contribution in [0.2, 0.25) is 0 Å². The van der Waals surface area contributed by atoms with Crippen LogP contribution in [0.5, 0.6) is 5.75 Å². The largest absolute Gasteiger partial charge is 0.496 e. The predicted molar refractivity (Wildman–Crippen MR) is 108 cm³/mol. The first-order valence-corrected chi connectivity index (χ1v) is 9.94. The number of hydrogen-bond donors (Lipinski definition) is 3. The van der Waals surface area contributed by atoms with Gasteiger partial charge in [0.1, 0.15) is 5.75 Å². The lowest BCUT2D eigenvalue weighted by molar-refractivity contribution is -0.156. The minimum atomic E-state index is -4.70. The molecule has 0 spiro atoms. The summed E-state index contributed by atoms with van der Waals surface area (Å²) in [5.41, 5.74) is 10.9.